The quantitative estimate of drug-likeness (QED) is 0.344. The molecule has 0 saturated carbocycles. The van der Waals surface area contributed by atoms with E-state index in [1.165, 1.54) is 0 Å². The van der Waals surface area contributed by atoms with Gasteiger partial charge in [0.15, 0.2) is 0 Å². The van der Waals surface area contributed by atoms with Crippen molar-refractivity contribution < 1.29 is 19.0 Å². The first kappa shape index (κ1) is 21.9. The number of amides is 1. The summed E-state index contributed by atoms with van der Waals surface area (Å²) in [4.78, 5) is 38.7. The third-order valence-electron chi connectivity index (χ3n) is 4.93. The van der Waals surface area contributed by atoms with E-state index in [0.29, 0.717) is 39.0 Å². The van der Waals surface area contributed by atoms with Crippen LogP contribution in [0.25, 0.3) is 0 Å². The predicted molar refractivity (Wildman–Crippen MR) is 105 cm³/mol. The molecular formula is C19H27BN4O4. The molecule has 2 rings (SSSR count). The van der Waals surface area contributed by atoms with Gasteiger partial charge in [-0.05, 0) is 13.8 Å². The zero-order chi connectivity index (χ0) is 20.5. The van der Waals surface area contributed by atoms with E-state index in [1.54, 1.807) is 24.2 Å². The topological polar surface area (TPSA) is 102 Å². The molecule has 1 aromatic rings. The molecule has 3 atom stereocenters. The summed E-state index contributed by atoms with van der Waals surface area (Å²) < 4.78 is 15.5. The third-order valence-corrected chi connectivity index (χ3v) is 4.93. The van der Waals surface area contributed by atoms with Gasteiger partial charge in [-0.15, -0.1) is 0 Å². The van der Waals surface area contributed by atoms with E-state index in [4.69, 9.17) is 4.74 Å². The zero-order valence-electron chi connectivity index (χ0n) is 16.7. The molecule has 1 amide bonds. The van der Waals surface area contributed by atoms with Crippen molar-refractivity contribution in [1.82, 2.24) is 14.9 Å². The fraction of sp³-hybridized carbons (Fsp3) is 0.632. The molecule has 0 aromatic carbocycles. The number of carbonyl (C=O) groups excluding carboxylic acids is 2. The van der Waals surface area contributed by atoms with Crippen LogP contribution in [-0.2, 0) is 19.0 Å². The molecule has 2 heterocycles. The molecule has 0 bridgehead atoms. The van der Waals surface area contributed by atoms with Crippen LogP contribution >= 0.6 is 0 Å². The van der Waals surface area contributed by atoms with Gasteiger partial charge in [0.05, 0.1) is 6.61 Å². The van der Waals surface area contributed by atoms with Crippen LogP contribution < -0.4 is 0 Å². The van der Waals surface area contributed by atoms with Gasteiger partial charge in [-0.2, -0.15) is 0 Å². The van der Waals surface area contributed by atoms with Crippen LogP contribution in [0.2, 0.25) is 0 Å². The van der Waals surface area contributed by atoms with E-state index in [2.05, 4.69) is 15.0 Å². The maximum absolute atomic E-state index is 12.5. The van der Waals surface area contributed by atoms with Crippen LogP contribution in [0.1, 0.15) is 56.8 Å². The van der Waals surface area contributed by atoms with E-state index in [1.807, 2.05) is 13.8 Å². The van der Waals surface area contributed by atoms with E-state index in [-0.39, 0.29) is 30.3 Å². The van der Waals surface area contributed by atoms with Crippen LogP contribution in [-0.4, -0.2) is 65.2 Å². The minimum absolute atomic E-state index is 0.0498. The van der Waals surface area contributed by atoms with Crippen molar-refractivity contribution in [3.63, 3.8) is 0 Å². The number of nitrogens with zero attached hydrogens (tertiary/aromatic N) is 4. The number of likely N-dealkylation sites (tertiary alicyclic amines) is 1. The molecule has 1 aromatic heterocycles. The zero-order valence-corrected chi connectivity index (χ0v) is 16.7. The molecule has 0 spiro atoms. The molecule has 3 unspecified atom stereocenters. The Labute approximate surface area is 166 Å². The second-order valence-electron chi connectivity index (χ2n) is 6.98. The summed E-state index contributed by atoms with van der Waals surface area (Å²) in [5, 5.41) is 0. The average Bonchev–Trinajstić information content (AvgIpc) is 2.93. The summed E-state index contributed by atoms with van der Waals surface area (Å²) in [6, 6.07) is -0.395. The van der Waals surface area contributed by atoms with Gasteiger partial charge in [-0.1, -0.05) is 0 Å². The molecule has 0 N–H and O–H groups in total. The van der Waals surface area contributed by atoms with Crippen LogP contribution in [0.4, 0.5) is 0 Å². The van der Waals surface area contributed by atoms with Crippen molar-refractivity contribution in [1.29, 1.82) is 0 Å². The Morgan fingerprint density at radius 1 is 1.46 bits per heavy atom. The summed E-state index contributed by atoms with van der Waals surface area (Å²) in [7, 11) is 0.588. The van der Waals surface area contributed by atoms with Crippen molar-refractivity contribution in [2.75, 3.05) is 13.2 Å². The Bertz CT molecular complexity index is 710. The molecule has 1 aliphatic heterocycles. The van der Waals surface area contributed by atoms with E-state index in [9.17, 15) is 14.3 Å². The van der Waals surface area contributed by atoms with Gasteiger partial charge in [0.2, 0.25) is 0 Å². The number of aliphatic imine (C=N–C) groups is 1. The van der Waals surface area contributed by atoms with Gasteiger partial charge < -0.3 is 0 Å². The number of carbonyl (C=O) groups is 2. The molecule has 1 fully saturated rings. The summed E-state index contributed by atoms with van der Waals surface area (Å²) in [6.45, 7) is 6.51. The van der Waals surface area contributed by atoms with Crippen LogP contribution in [0.3, 0.4) is 0 Å². The van der Waals surface area contributed by atoms with Crippen molar-refractivity contribution in [2.24, 2.45) is 4.99 Å². The number of esters is 1. The van der Waals surface area contributed by atoms with E-state index >= 15 is 0 Å². The Morgan fingerprint density at radius 2 is 2.18 bits per heavy atom. The Kier molecular flexibility index (Phi) is 8.41. The molecule has 0 aliphatic carbocycles. The number of rotatable bonds is 10. The normalized spacial score (nSPS) is 20.4. The molecule has 150 valence electrons. The van der Waals surface area contributed by atoms with Crippen LogP contribution in [0, 0.1) is 6.92 Å². The summed E-state index contributed by atoms with van der Waals surface area (Å²) in [5.41, 5.74) is 0.896. The van der Waals surface area contributed by atoms with Gasteiger partial charge in [0, 0.05) is 0 Å². The molecule has 1 aliphatic rings. The number of hydrogen-bond donors (Lipinski definition) is 0. The third kappa shape index (κ3) is 6.04. The van der Waals surface area contributed by atoms with Crippen molar-refractivity contribution >= 4 is 25.1 Å². The Morgan fingerprint density at radius 3 is 2.82 bits per heavy atom. The summed E-state index contributed by atoms with van der Waals surface area (Å²) >= 11 is 0. The number of aryl methyl sites for hydroxylation is 1. The molecule has 1 saturated heterocycles. The van der Waals surface area contributed by atoms with Crippen LogP contribution in [0.15, 0.2) is 17.4 Å². The van der Waals surface area contributed by atoms with Gasteiger partial charge >= 0.3 is 139 Å². The molecule has 28 heavy (non-hydrogen) atoms. The van der Waals surface area contributed by atoms with Gasteiger partial charge in [-0.25, -0.2) is 0 Å². The standard InChI is InChI=1S/C19H27BN4O4/c1-4-28-18(25)9-15(16-10-21-14(3)22-11-16)6-5-7-24-13(2)8-17(19(24)26)23-12-20-27/h10-13,15,17H,4-9H2,1-3H3. The molecule has 8 nitrogen and oxygen atoms in total. The number of hydrogen-bond acceptors (Lipinski definition) is 7. The fourth-order valence-corrected chi connectivity index (χ4v) is 3.48. The predicted octanol–water partition coefficient (Wildman–Crippen LogP) is 1.67. The fourth-order valence-electron chi connectivity index (χ4n) is 3.48. The summed E-state index contributed by atoms with van der Waals surface area (Å²) in [6.07, 6.45) is 6.96. The first-order valence-corrected chi connectivity index (χ1v) is 9.67. The van der Waals surface area contributed by atoms with Crippen LogP contribution in [0.5, 0.6) is 0 Å². The first-order chi connectivity index (χ1) is 13.5. The minimum atomic E-state index is -0.471. The van der Waals surface area contributed by atoms with Gasteiger partial charge in [0.25, 0.3) is 0 Å². The van der Waals surface area contributed by atoms with Crippen molar-refractivity contribution in [2.45, 2.75) is 64.5 Å². The molecule has 9 heteroatoms. The first-order valence-electron chi connectivity index (χ1n) is 9.67. The van der Waals surface area contributed by atoms with Gasteiger partial charge in [0.1, 0.15) is 5.82 Å². The monoisotopic (exact) mass is 386 g/mol. The summed E-state index contributed by atoms with van der Waals surface area (Å²) in [5.74, 6) is 0.321. The second kappa shape index (κ2) is 10.8. The number of aromatic nitrogens is 2. The second-order valence-corrected chi connectivity index (χ2v) is 6.98. The Hall–Kier alpha value is -2.45. The van der Waals surface area contributed by atoms with Crippen molar-refractivity contribution in [3.05, 3.63) is 23.8 Å². The Balaban J connectivity index is 1.97. The molecule has 0 radical (unpaired) electrons. The van der Waals surface area contributed by atoms with E-state index in [0.717, 1.165) is 18.1 Å². The maximum atomic E-state index is 12.5. The molecular weight excluding hydrogens is 359 g/mol. The SMILES string of the molecule is CCOC(=O)CC(CCCN1C(=O)C(N=CB=O)CC1C)c1cnc(C)nc1. The average molecular weight is 386 g/mol. The number of ether oxygens (including phenoxy) is 1. The van der Waals surface area contributed by atoms with Gasteiger partial charge in [-0.3, -0.25) is 0 Å². The van der Waals surface area contributed by atoms with Crippen molar-refractivity contribution in [3.8, 4) is 0 Å². The van der Waals surface area contributed by atoms with E-state index < -0.39 is 6.04 Å².